The number of nitrogens with zero attached hydrogens (tertiary/aromatic N) is 1. The molecule has 0 unspecified atom stereocenters. The lowest BCUT2D eigenvalue weighted by molar-refractivity contribution is -0.168. The van der Waals surface area contributed by atoms with Crippen molar-refractivity contribution in [2.45, 2.75) is 63.6 Å². The molecule has 26 heavy (non-hydrogen) atoms. The number of aryl methyl sites for hydroxylation is 1. The van der Waals surface area contributed by atoms with Crippen LogP contribution in [0.2, 0.25) is 0 Å². The molecular formula is C22H31NO3. The maximum absolute atomic E-state index is 12.6. The summed E-state index contributed by atoms with van der Waals surface area (Å²) in [6.45, 7) is 5.76. The Labute approximate surface area is 156 Å². The number of aliphatic hydroxyl groups is 1. The Morgan fingerprint density at radius 3 is 2.31 bits per heavy atom. The van der Waals surface area contributed by atoms with Crippen molar-refractivity contribution in [3.05, 3.63) is 35.4 Å². The van der Waals surface area contributed by atoms with Gasteiger partial charge in [-0.1, -0.05) is 24.3 Å². The van der Waals surface area contributed by atoms with Gasteiger partial charge in [0.2, 0.25) is 5.91 Å². The normalized spacial score (nSPS) is 32.0. The van der Waals surface area contributed by atoms with Crippen LogP contribution in [0.1, 0.15) is 56.6 Å². The van der Waals surface area contributed by atoms with E-state index < -0.39 is 5.60 Å². The van der Waals surface area contributed by atoms with E-state index in [-0.39, 0.29) is 22.8 Å². The summed E-state index contributed by atoms with van der Waals surface area (Å²) in [6.07, 6.45) is 5.51. The van der Waals surface area contributed by atoms with Crippen LogP contribution in [0, 0.1) is 18.3 Å². The molecule has 0 bridgehead atoms. The van der Waals surface area contributed by atoms with Crippen LogP contribution in [0.25, 0.3) is 0 Å². The molecule has 0 atom stereocenters. The molecule has 1 aliphatic heterocycles. The number of hydrogen-bond acceptors (Lipinski definition) is 3. The third-order valence-electron chi connectivity index (χ3n) is 7.23. The topological polar surface area (TPSA) is 49.8 Å². The summed E-state index contributed by atoms with van der Waals surface area (Å²) in [7, 11) is 1.84. The number of rotatable bonds is 3. The number of benzene rings is 1. The Balaban J connectivity index is 1.37. The second-order valence-corrected chi connectivity index (χ2v) is 9.31. The second-order valence-electron chi connectivity index (χ2n) is 9.31. The van der Waals surface area contributed by atoms with E-state index in [0.29, 0.717) is 12.8 Å². The lowest BCUT2D eigenvalue weighted by atomic mass is 9.62. The fraction of sp³-hybridized carbons (Fsp3) is 0.682. The van der Waals surface area contributed by atoms with Crippen molar-refractivity contribution in [1.29, 1.82) is 0 Å². The van der Waals surface area contributed by atoms with Crippen LogP contribution in [0.5, 0.6) is 0 Å². The van der Waals surface area contributed by atoms with Gasteiger partial charge in [-0.15, -0.1) is 0 Å². The number of carbonyl (C=O) groups excluding carboxylic acids is 1. The standard InChI is InChI=1S/C22H31NO3/c1-16-6-4-5-7-18(16)22(26-3)10-8-21(9-11-22)14-23(15-21)19(24)17-12-20(2,25)13-17/h4-7,17,25H,8-15H2,1-3H3/t17-,20+. The fourth-order valence-electron chi connectivity index (χ4n) is 5.52. The summed E-state index contributed by atoms with van der Waals surface area (Å²) < 4.78 is 6.06. The highest BCUT2D eigenvalue weighted by Gasteiger charge is 2.53. The first-order valence-corrected chi connectivity index (χ1v) is 9.91. The highest BCUT2D eigenvalue weighted by Crippen LogP contribution is 2.52. The van der Waals surface area contributed by atoms with Crippen LogP contribution in [-0.2, 0) is 15.1 Å². The fourth-order valence-corrected chi connectivity index (χ4v) is 5.52. The maximum Gasteiger partial charge on any atom is 0.225 e. The Hall–Kier alpha value is -1.39. The van der Waals surface area contributed by atoms with Gasteiger partial charge in [-0.25, -0.2) is 0 Å². The molecule has 4 heteroatoms. The van der Waals surface area contributed by atoms with Crippen LogP contribution in [0.3, 0.4) is 0 Å². The molecule has 1 aromatic carbocycles. The SMILES string of the molecule is COC1(c2ccccc2C)CCC2(CC1)CN(C(=O)[C@H]1C[C@@](C)(O)C1)C2. The largest absolute Gasteiger partial charge is 0.390 e. The molecule has 1 heterocycles. The molecule has 3 aliphatic rings. The lowest BCUT2D eigenvalue weighted by Gasteiger charge is -2.57. The summed E-state index contributed by atoms with van der Waals surface area (Å²) in [6, 6.07) is 8.55. The summed E-state index contributed by atoms with van der Waals surface area (Å²) in [5.41, 5.74) is 2.11. The van der Waals surface area contributed by atoms with Gasteiger partial charge in [0, 0.05) is 31.5 Å². The van der Waals surface area contributed by atoms with Crippen molar-refractivity contribution in [2.24, 2.45) is 11.3 Å². The van der Waals surface area contributed by atoms with E-state index in [1.54, 1.807) is 0 Å². The molecule has 1 amide bonds. The molecule has 3 fully saturated rings. The number of likely N-dealkylation sites (tertiary alicyclic amines) is 1. The smallest absolute Gasteiger partial charge is 0.225 e. The maximum atomic E-state index is 12.6. The van der Waals surface area contributed by atoms with E-state index in [1.807, 2.05) is 18.9 Å². The highest BCUT2D eigenvalue weighted by molar-refractivity contribution is 5.81. The minimum absolute atomic E-state index is 0.0379. The monoisotopic (exact) mass is 357 g/mol. The van der Waals surface area contributed by atoms with E-state index in [0.717, 1.165) is 38.8 Å². The van der Waals surface area contributed by atoms with Crippen molar-refractivity contribution in [1.82, 2.24) is 4.90 Å². The van der Waals surface area contributed by atoms with Crippen LogP contribution >= 0.6 is 0 Å². The third-order valence-corrected chi connectivity index (χ3v) is 7.23. The average molecular weight is 357 g/mol. The quantitative estimate of drug-likeness (QED) is 0.902. The van der Waals surface area contributed by atoms with Gasteiger partial charge in [0.25, 0.3) is 0 Å². The molecule has 2 aliphatic carbocycles. The molecule has 142 valence electrons. The Kier molecular flexibility index (Phi) is 4.20. The zero-order chi connectivity index (χ0) is 18.6. The zero-order valence-electron chi connectivity index (χ0n) is 16.3. The first kappa shape index (κ1) is 18.0. The Bertz CT molecular complexity index is 687. The van der Waals surface area contributed by atoms with Crippen LogP contribution < -0.4 is 0 Å². The van der Waals surface area contributed by atoms with Gasteiger partial charge in [0.1, 0.15) is 0 Å². The van der Waals surface area contributed by atoms with Crippen molar-refractivity contribution in [3.8, 4) is 0 Å². The molecule has 4 nitrogen and oxygen atoms in total. The molecule has 1 aromatic rings. The number of amides is 1. The molecule has 2 saturated carbocycles. The Morgan fingerprint density at radius 2 is 1.77 bits per heavy atom. The van der Waals surface area contributed by atoms with E-state index in [4.69, 9.17) is 4.74 Å². The number of ether oxygens (including phenoxy) is 1. The minimum Gasteiger partial charge on any atom is -0.390 e. The average Bonchev–Trinajstić information content (AvgIpc) is 2.57. The van der Waals surface area contributed by atoms with E-state index in [9.17, 15) is 9.90 Å². The predicted octanol–water partition coefficient (Wildman–Crippen LogP) is 3.40. The summed E-state index contributed by atoms with van der Waals surface area (Å²) in [4.78, 5) is 14.6. The molecule has 0 aromatic heterocycles. The molecular weight excluding hydrogens is 326 g/mol. The molecule has 1 spiro atoms. The van der Waals surface area contributed by atoms with Crippen molar-refractivity contribution in [3.63, 3.8) is 0 Å². The highest BCUT2D eigenvalue weighted by atomic mass is 16.5. The van der Waals surface area contributed by atoms with Gasteiger partial charge in [0.05, 0.1) is 11.2 Å². The van der Waals surface area contributed by atoms with Gasteiger partial charge in [-0.2, -0.15) is 0 Å². The van der Waals surface area contributed by atoms with Gasteiger partial charge in [0.15, 0.2) is 0 Å². The minimum atomic E-state index is -0.626. The van der Waals surface area contributed by atoms with Gasteiger partial charge < -0.3 is 14.7 Å². The number of methoxy groups -OCH3 is 1. The van der Waals surface area contributed by atoms with Crippen LogP contribution in [0.15, 0.2) is 24.3 Å². The van der Waals surface area contributed by atoms with E-state index in [2.05, 4.69) is 31.2 Å². The van der Waals surface area contributed by atoms with E-state index in [1.165, 1.54) is 11.1 Å². The number of carbonyl (C=O) groups is 1. The summed E-state index contributed by atoms with van der Waals surface area (Å²) >= 11 is 0. The van der Waals surface area contributed by atoms with Crippen molar-refractivity contribution < 1.29 is 14.6 Å². The predicted molar refractivity (Wildman–Crippen MR) is 101 cm³/mol. The summed E-state index contributed by atoms with van der Waals surface area (Å²) in [5, 5.41) is 9.88. The van der Waals surface area contributed by atoms with Gasteiger partial charge in [-0.05, 0) is 63.5 Å². The zero-order valence-corrected chi connectivity index (χ0v) is 16.3. The van der Waals surface area contributed by atoms with Crippen molar-refractivity contribution >= 4 is 5.91 Å². The van der Waals surface area contributed by atoms with Crippen LogP contribution in [0.4, 0.5) is 0 Å². The van der Waals surface area contributed by atoms with Crippen molar-refractivity contribution in [2.75, 3.05) is 20.2 Å². The van der Waals surface area contributed by atoms with Gasteiger partial charge in [-0.3, -0.25) is 4.79 Å². The molecule has 1 saturated heterocycles. The molecule has 4 rings (SSSR count). The van der Waals surface area contributed by atoms with Crippen LogP contribution in [-0.4, -0.2) is 41.7 Å². The first-order valence-electron chi connectivity index (χ1n) is 9.91. The summed E-state index contributed by atoms with van der Waals surface area (Å²) in [5.74, 6) is 0.292. The first-order chi connectivity index (χ1) is 12.3. The number of hydrogen-bond donors (Lipinski definition) is 1. The third kappa shape index (κ3) is 2.87. The second kappa shape index (κ2) is 6.07. The van der Waals surface area contributed by atoms with E-state index >= 15 is 0 Å². The Morgan fingerprint density at radius 1 is 1.15 bits per heavy atom. The molecule has 1 N–H and O–H groups in total. The molecule has 0 radical (unpaired) electrons. The lowest BCUT2D eigenvalue weighted by Crippen LogP contribution is -2.63. The van der Waals surface area contributed by atoms with Gasteiger partial charge >= 0.3 is 0 Å².